The fourth-order valence-electron chi connectivity index (χ4n) is 1.39. The predicted molar refractivity (Wildman–Crippen MR) is 51.2 cm³/mol. The second-order valence-electron chi connectivity index (χ2n) is 3.55. The molecule has 0 aliphatic carbocycles. The fraction of sp³-hybridized carbons (Fsp3) is 0.300. The summed E-state index contributed by atoms with van der Waals surface area (Å²) in [4.78, 5) is 0. The number of rotatable bonds is 1. The highest BCUT2D eigenvalue weighted by Gasteiger charge is 2.31. The van der Waals surface area contributed by atoms with Crippen molar-refractivity contribution in [2.75, 3.05) is 0 Å². The third kappa shape index (κ3) is 1.51. The molecule has 0 fully saturated rings. The van der Waals surface area contributed by atoms with Gasteiger partial charge in [-0.3, -0.25) is 0 Å². The second-order valence-corrected chi connectivity index (χ2v) is 3.55. The van der Waals surface area contributed by atoms with Crippen molar-refractivity contribution < 1.29 is 14.7 Å². The largest absolute Gasteiger partial charge is 0.449 e. The van der Waals surface area contributed by atoms with E-state index in [1.54, 1.807) is 18.2 Å². The number of fused-ring (bicyclic) bond motifs is 1. The summed E-state index contributed by atoms with van der Waals surface area (Å²) in [7, 11) is 0. The monoisotopic (exact) mass is 193 g/mol. The maximum absolute atomic E-state index is 8.37. The Bertz CT molecular complexity index is 385. The molecule has 1 heterocycles. The summed E-state index contributed by atoms with van der Waals surface area (Å²) in [6.07, 6.45) is 1.34. The van der Waals surface area contributed by atoms with Crippen LogP contribution in [-0.2, 0) is 0 Å². The first-order valence-corrected chi connectivity index (χ1v) is 4.30. The summed E-state index contributed by atoms with van der Waals surface area (Å²) in [5.74, 6) is 0.773. The van der Waals surface area contributed by atoms with Gasteiger partial charge in [-0.05, 0) is 18.2 Å². The lowest BCUT2D eigenvalue weighted by Crippen LogP contribution is -2.29. The van der Waals surface area contributed by atoms with E-state index >= 15 is 0 Å². The van der Waals surface area contributed by atoms with E-state index in [9.17, 15) is 0 Å². The second kappa shape index (κ2) is 2.90. The lowest BCUT2D eigenvalue weighted by atomic mass is 10.2. The normalized spacial score (nSPS) is 17.6. The van der Waals surface area contributed by atoms with E-state index in [1.165, 1.54) is 6.21 Å². The van der Waals surface area contributed by atoms with Crippen LogP contribution in [-0.4, -0.2) is 17.2 Å². The van der Waals surface area contributed by atoms with E-state index < -0.39 is 5.79 Å². The molecule has 1 aromatic rings. The van der Waals surface area contributed by atoms with Crippen LogP contribution >= 0.6 is 0 Å². The van der Waals surface area contributed by atoms with Crippen molar-refractivity contribution in [1.29, 1.82) is 0 Å². The van der Waals surface area contributed by atoms with Crippen molar-refractivity contribution in [2.45, 2.75) is 19.6 Å². The molecule has 1 aliphatic rings. The molecule has 0 unspecified atom stereocenters. The zero-order valence-corrected chi connectivity index (χ0v) is 8.02. The molecule has 0 aromatic heterocycles. The number of hydrogen-bond acceptors (Lipinski definition) is 4. The minimum Gasteiger partial charge on any atom is -0.449 e. The molecule has 2 rings (SSSR count). The van der Waals surface area contributed by atoms with Gasteiger partial charge in [0.25, 0.3) is 0 Å². The van der Waals surface area contributed by atoms with Gasteiger partial charge in [0, 0.05) is 19.4 Å². The van der Waals surface area contributed by atoms with E-state index in [0.717, 1.165) is 5.56 Å². The van der Waals surface area contributed by atoms with Gasteiger partial charge < -0.3 is 14.7 Å². The van der Waals surface area contributed by atoms with Gasteiger partial charge in [0.1, 0.15) is 0 Å². The van der Waals surface area contributed by atoms with Crippen LogP contribution in [0.1, 0.15) is 19.4 Å². The van der Waals surface area contributed by atoms with Crippen molar-refractivity contribution in [1.82, 2.24) is 0 Å². The molecule has 14 heavy (non-hydrogen) atoms. The molecule has 0 saturated heterocycles. The molecule has 0 bridgehead atoms. The Morgan fingerprint density at radius 3 is 2.71 bits per heavy atom. The van der Waals surface area contributed by atoms with Gasteiger partial charge in [0.05, 0.1) is 6.21 Å². The van der Waals surface area contributed by atoms with E-state index in [-0.39, 0.29) is 0 Å². The van der Waals surface area contributed by atoms with Crippen molar-refractivity contribution in [3.05, 3.63) is 23.8 Å². The molecule has 0 spiro atoms. The van der Waals surface area contributed by atoms with Crippen LogP contribution in [0, 0.1) is 0 Å². The maximum atomic E-state index is 8.37. The van der Waals surface area contributed by atoms with Crippen molar-refractivity contribution >= 4 is 6.21 Å². The number of hydrogen-bond donors (Lipinski definition) is 1. The Morgan fingerprint density at radius 2 is 2.00 bits per heavy atom. The Kier molecular flexibility index (Phi) is 1.84. The van der Waals surface area contributed by atoms with Gasteiger partial charge in [-0.2, -0.15) is 0 Å². The first kappa shape index (κ1) is 8.87. The van der Waals surface area contributed by atoms with E-state index in [1.807, 2.05) is 13.8 Å². The van der Waals surface area contributed by atoms with Gasteiger partial charge in [0.15, 0.2) is 11.5 Å². The highest BCUT2D eigenvalue weighted by Crippen LogP contribution is 2.39. The predicted octanol–water partition coefficient (Wildman–Crippen LogP) is 2.00. The summed E-state index contributed by atoms with van der Waals surface area (Å²) in [5, 5.41) is 11.3. The average Bonchev–Trinajstić information content (AvgIpc) is 2.38. The van der Waals surface area contributed by atoms with Gasteiger partial charge in [0.2, 0.25) is 5.79 Å². The van der Waals surface area contributed by atoms with Crippen LogP contribution in [0.15, 0.2) is 23.4 Å². The Morgan fingerprint density at radius 1 is 1.29 bits per heavy atom. The maximum Gasteiger partial charge on any atom is 0.246 e. The molecule has 4 nitrogen and oxygen atoms in total. The highest BCUT2D eigenvalue weighted by molar-refractivity contribution is 5.80. The van der Waals surface area contributed by atoms with Crippen molar-refractivity contribution in [3.8, 4) is 11.5 Å². The number of benzene rings is 1. The first-order valence-electron chi connectivity index (χ1n) is 4.30. The number of oxime groups is 1. The van der Waals surface area contributed by atoms with Crippen LogP contribution in [0.25, 0.3) is 0 Å². The van der Waals surface area contributed by atoms with Gasteiger partial charge in [-0.1, -0.05) is 5.16 Å². The van der Waals surface area contributed by atoms with Gasteiger partial charge in [-0.15, -0.1) is 0 Å². The van der Waals surface area contributed by atoms with E-state index in [0.29, 0.717) is 11.5 Å². The lowest BCUT2D eigenvalue weighted by molar-refractivity contribution is -0.0431. The molecule has 0 saturated carbocycles. The van der Waals surface area contributed by atoms with Crippen molar-refractivity contribution in [2.24, 2.45) is 5.16 Å². The smallest absolute Gasteiger partial charge is 0.246 e. The Labute approximate surface area is 81.8 Å². The topological polar surface area (TPSA) is 51.0 Å². The zero-order chi connectivity index (χ0) is 10.2. The highest BCUT2D eigenvalue weighted by atomic mass is 16.7. The molecule has 0 amide bonds. The third-order valence-electron chi connectivity index (χ3n) is 1.89. The van der Waals surface area contributed by atoms with E-state index in [2.05, 4.69) is 5.16 Å². The van der Waals surface area contributed by atoms with Crippen LogP contribution in [0.2, 0.25) is 0 Å². The molecule has 1 aromatic carbocycles. The van der Waals surface area contributed by atoms with Gasteiger partial charge in [-0.25, -0.2) is 0 Å². The quantitative estimate of drug-likeness (QED) is 0.421. The molecule has 1 aliphatic heterocycles. The lowest BCUT2D eigenvalue weighted by Gasteiger charge is -2.16. The van der Waals surface area contributed by atoms with Crippen LogP contribution in [0.4, 0.5) is 0 Å². The minimum atomic E-state index is -0.614. The van der Waals surface area contributed by atoms with Crippen LogP contribution in [0.5, 0.6) is 11.5 Å². The standard InChI is InChI=1S/C10H11NO3/c1-10(2)13-8-4-3-7(6-11-12)5-9(8)14-10/h3-6,12H,1-2H3. The molecule has 74 valence electrons. The minimum absolute atomic E-state index is 0.614. The molecule has 1 N–H and O–H groups in total. The summed E-state index contributed by atoms with van der Waals surface area (Å²) in [6, 6.07) is 5.36. The number of nitrogens with zero attached hydrogens (tertiary/aromatic N) is 1. The van der Waals surface area contributed by atoms with Gasteiger partial charge >= 0.3 is 0 Å². The molecular weight excluding hydrogens is 182 g/mol. The summed E-state index contributed by atoms with van der Waals surface area (Å²) >= 11 is 0. The van der Waals surface area contributed by atoms with Crippen LogP contribution < -0.4 is 9.47 Å². The summed E-state index contributed by atoms with van der Waals surface area (Å²) in [5.41, 5.74) is 0.771. The van der Waals surface area contributed by atoms with Crippen molar-refractivity contribution in [3.63, 3.8) is 0 Å². The molecular formula is C10H11NO3. The Balaban J connectivity index is 2.35. The SMILES string of the molecule is CC1(C)Oc2ccc(C=NO)cc2O1. The number of ether oxygens (including phenoxy) is 2. The molecule has 0 atom stereocenters. The average molecular weight is 193 g/mol. The molecule has 4 heteroatoms. The Hall–Kier alpha value is -1.71. The first-order chi connectivity index (χ1) is 6.61. The van der Waals surface area contributed by atoms with Crippen LogP contribution in [0.3, 0.4) is 0 Å². The zero-order valence-electron chi connectivity index (χ0n) is 8.02. The fourth-order valence-corrected chi connectivity index (χ4v) is 1.39. The molecule has 0 radical (unpaired) electrons. The summed E-state index contributed by atoms with van der Waals surface area (Å²) < 4.78 is 11.0. The van der Waals surface area contributed by atoms with E-state index in [4.69, 9.17) is 14.7 Å². The summed E-state index contributed by atoms with van der Waals surface area (Å²) in [6.45, 7) is 3.68. The third-order valence-corrected chi connectivity index (χ3v) is 1.89.